The van der Waals surface area contributed by atoms with Crippen LogP contribution in [-0.2, 0) is 0 Å². The minimum absolute atomic E-state index is 0.199. The van der Waals surface area contributed by atoms with Crippen LogP contribution in [0.15, 0.2) is 34.9 Å². The molecule has 1 N–H and O–H groups in total. The van der Waals surface area contributed by atoms with Crippen molar-refractivity contribution in [3.8, 4) is 0 Å². The first-order chi connectivity index (χ1) is 6.68. The van der Waals surface area contributed by atoms with E-state index in [1.807, 2.05) is 18.2 Å². The van der Waals surface area contributed by atoms with Crippen molar-refractivity contribution in [2.24, 2.45) is 0 Å². The molecule has 1 heterocycles. The molecule has 0 fully saturated rings. The molecular weight excluding hydrogens is 246 g/mol. The second kappa shape index (κ2) is 3.38. The number of pyridine rings is 1. The van der Waals surface area contributed by atoms with E-state index in [9.17, 15) is 4.79 Å². The van der Waals surface area contributed by atoms with Gasteiger partial charge in [0.1, 0.15) is 0 Å². The number of carbonyl (C=O) groups is 1. The zero-order chi connectivity index (χ0) is 10.1. The third-order valence-electron chi connectivity index (χ3n) is 1.92. The normalized spacial score (nSPS) is 10.4. The van der Waals surface area contributed by atoms with E-state index in [1.54, 1.807) is 6.07 Å². The quantitative estimate of drug-likeness (QED) is 0.848. The van der Waals surface area contributed by atoms with Crippen LogP contribution in [0.5, 0.6) is 0 Å². The summed E-state index contributed by atoms with van der Waals surface area (Å²) < 4.78 is 0.852. The highest BCUT2D eigenvalue weighted by Crippen LogP contribution is 2.22. The zero-order valence-corrected chi connectivity index (χ0v) is 8.65. The van der Waals surface area contributed by atoms with Gasteiger partial charge < -0.3 is 5.11 Å². The number of hydrogen-bond acceptors (Lipinski definition) is 2. The number of hydrogen-bond donors (Lipinski definition) is 1. The van der Waals surface area contributed by atoms with Gasteiger partial charge in [-0.05, 0) is 18.2 Å². The molecule has 0 radical (unpaired) electrons. The fourth-order valence-corrected chi connectivity index (χ4v) is 1.70. The SMILES string of the molecule is O=C(O)c1cnc2cccc(Br)c2c1. The molecule has 2 aromatic rings. The fraction of sp³-hybridized carbons (Fsp3) is 0. The van der Waals surface area contributed by atoms with Gasteiger partial charge in [0.2, 0.25) is 0 Å². The summed E-state index contributed by atoms with van der Waals surface area (Å²) in [7, 11) is 0. The number of aromatic nitrogens is 1. The maximum absolute atomic E-state index is 10.7. The Balaban J connectivity index is 2.76. The molecule has 0 atom stereocenters. The van der Waals surface area contributed by atoms with E-state index in [1.165, 1.54) is 6.20 Å². The highest BCUT2D eigenvalue weighted by Gasteiger charge is 2.05. The van der Waals surface area contributed by atoms with E-state index >= 15 is 0 Å². The van der Waals surface area contributed by atoms with Gasteiger partial charge in [0.25, 0.3) is 0 Å². The molecule has 1 aromatic carbocycles. The van der Waals surface area contributed by atoms with Gasteiger partial charge in [0.15, 0.2) is 0 Å². The minimum atomic E-state index is -0.963. The van der Waals surface area contributed by atoms with Crippen molar-refractivity contribution in [3.05, 3.63) is 40.5 Å². The smallest absolute Gasteiger partial charge is 0.337 e. The number of aromatic carboxylic acids is 1. The second-order valence-corrected chi connectivity index (χ2v) is 3.69. The third-order valence-corrected chi connectivity index (χ3v) is 2.61. The summed E-state index contributed by atoms with van der Waals surface area (Å²) >= 11 is 3.35. The van der Waals surface area contributed by atoms with Gasteiger partial charge >= 0.3 is 5.97 Å². The molecule has 1 aromatic heterocycles. The van der Waals surface area contributed by atoms with Crippen molar-refractivity contribution in [2.45, 2.75) is 0 Å². The molecule has 0 saturated carbocycles. The molecule has 0 aliphatic heterocycles. The van der Waals surface area contributed by atoms with Crippen LogP contribution in [-0.4, -0.2) is 16.1 Å². The van der Waals surface area contributed by atoms with Gasteiger partial charge in [0.05, 0.1) is 11.1 Å². The molecule has 2 rings (SSSR count). The van der Waals surface area contributed by atoms with Gasteiger partial charge in [-0.1, -0.05) is 22.0 Å². The molecule has 0 spiro atoms. The van der Waals surface area contributed by atoms with Crippen LogP contribution in [0.4, 0.5) is 0 Å². The average Bonchev–Trinajstić information content (AvgIpc) is 2.18. The molecule has 4 heteroatoms. The number of halogens is 1. The van der Waals surface area contributed by atoms with Crippen molar-refractivity contribution in [1.29, 1.82) is 0 Å². The lowest BCUT2D eigenvalue weighted by atomic mass is 10.2. The highest BCUT2D eigenvalue weighted by atomic mass is 79.9. The standard InChI is InChI=1S/C10H6BrNO2/c11-8-2-1-3-9-7(8)4-6(5-12-9)10(13)14/h1-5H,(H,13,14). The molecule has 0 aliphatic rings. The average molecular weight is 252 g/mol. The van der Waals surface area contributed by atoms with E-state index in [0.717, 1.165) is 15.4 Å². The van der Waals surface area contributed by atoms with E-state index < -0.39 is 5.97 Å². The Morgan fingerprint density at radius 2 is 2.21 bits per heavy atom. The maximum atomic E-state index is 10.7. The molecule has 14 heavy (non-hydrogen) atoms. The lowest BCUT2D eigenvalue weighted by Gasteiger charge is -2.00. The number of rotatable bonds is 1. The molecule has 0 aliphatic carbocycles. The van der Waals surface area contributed by atoms with Crippen molar-refractivity contribution < 1.29 is 9.90 Å². The number of fused-ring (bicyclic) bond motifs is 1. The van der Waals surface area contributed by atoms with Crippen LogP contribution in [0.1, 0.15) is 10.4 Å². The van der Waals surface area contributed by atoms with E-state index in [4.69, 9.17) is 5.11 Å². The predicted molar refractivity (Wildman–Crippen MR) is 56.4 cm³/mol. The van der Waals surface area contributed by atoms with Gasteiger partial charge in [-0.15, -0.1) is 0 Å². The number of nitrogens with zero attached hydrogens (tertiary/aromatic N) is 1. The Hall–Kier alpha value is -1.42. The Labute approximate surface area is 88.5 Å². The van der Waals surface area contributed by atoms with Crippen LogP contribution in [0.3, 0.4) is 0 Å². The van der Waals surface area contributed by atoms with Gasteiger partial charge in [0, 0.05) is 16.1 Å². The lowest BCUT2D eigenvalue weighted by molar-refractivity contribution is 0.0696. The van der Waals surface area contributed by atoms with Crippen LogP contribution >= 0.6 is 15.9 Å². The molecule has 70 valence electrons. The van der Waals surface area contributed by atoms with Gasteiger partial charge in [-0.2, -0.15) is 0 Å². The van der Waals surface area contributed by atoms with Gasteiger partial charge in [-0.3, -0.25) is 4.98 Å². The van der Waals surface area contributed by atoms with E-state index in [-0.39, 0.29) is 5.56 Å². The summed E-state index contributed by atoms with van der Waals surface area (Å²) in [5, 5.41) is 9.59. The molecule has 0 amide bonds. The Bertz CT molecular complexity index is 510. The van der Waals surface area contributed by atoms with E-state index in [0.29, 0.717) is 0 Å². The fourth-order valence-electron chi connectivity index (χ4n) is 1.23. The summed E-state index contributed by atoms with van der Waals surface area (Å²) in [6.45, 7) is 0. The minimum Gasteiger partial charge on any atom is -0.478 e. The monoisotopic (exact) mass is 251 g/mol. The molecular formula is C10H6BrNO2. The summed E-state index contributed by atoms with van der Waals surface area (Å²) in [5.74, 6) is -0.963. The van der Waals surface area contributed by atoms with Crippen molar-refractivity contribution in [2.75, 3.05) is 0 Å². The molecule has 0 bridgehead atoms. The largest absolute Gasteiger partial charge is 0.478 e. The Morgan fingerprint density at radius 1 is 1.43 bits per heavy atom. The first-order valence-electron chi connectivity index (χ1n) is 3.96. The van der Waals surface area contributed by atoms with Crippen molar-refractivity contribution in [1.82, 2.24) is 4.98 Å². The summed E-state index contributed by atoms with van der Waals surface area (Å²) in [6, 6.07) is 7.16. The summed E-state index contributed by atoms with van der Waals surface area (Å²) in [5.41, 5.74) is 0.980. The lowest BCUT2D eigenvalue weighted by Crippen LogP contribution is -1.96. The number of benzene rings is 1. The summed E-state index contributed by atoms with van der Waals surface area (Å²) in [6.07, 6.45) is 1.36. The van der Waals surface area contributed by atoms with Crippen molar-refractivity contribution >= 4 is 32.8 Å². The molecule has 0 saturated heterocycles. The van der Waals surface area contributed by atoms with Gasteiger partial charge in [-0.25, -0.2) is 4.79 Å². The zero-order valence-electron chi connectivity index (χ0n) is 7.07. The molecule has 0 unspecified atom stereocenters. The van der Waals surface area contributed by atoms with Crippen LogP contribution in [0, 0.1) is 0 Å². The maximum Gasteiger partial charge on any atom is 0.337 e. The Morgan fingerprint density at radius 3 is 2.93 bits per heavy atom. The first kappa shape index (κ1) is 9.15. The third kappa shape index (κ3) is 1.48. The topological polar surface area (TPSA) is 50.2 Å². The highest BCUT2D eigenvalue weighted by molar-refractivity contribution is 9.10. The predicted octanol–water partition coefficient (Wildman–Crippen LogP) is 2.70. The Kier molecular flexibility index (Phi) is 2.21. The van der Waals surface area contributed by atoms with E-state index in [2.05, 4.69) is 20.9 Å². The number of carboxylic acids is 1. The van der Waals surface area contributed by atoms with Crippen LogP contribution in [0.25, 0.3) is 10.9 Å². The number of carboxylic acid groups (broad SMARTS) is 1. The summed E-state index contributed by atoms with van der Waals surface area (Å²) in [4.78, 5) is 14.8. The van der Waals surface area contributed by atoms with Crippen molar-refractivity contribution in [3.63, 3.8) is 0 Å². The first-order valence-corrected chi connectivity index (χ1v) is 4.75. The second-order valence-electron chi connectivity index (χ2n) is 2.84. The molecule has 3 nitrogen and oxygen atoms in total. The van der Waals surface area contributed by atoms with Crippen LogP contribution in [0.2, 0.25) is 0 Å². The van der Waals surface area contributed by atoms with Crippen LogP contribution < -0.4 is 0 Å².